The van der Waals surface area contributed by atoms with Crippen molar-refractivity contribution in [2.45, 2.75) is 11.4 Å². The number of rotatable bonds is 4. The molecule has 0 bridgehead atoms. The van der Waals surface area contributed by atoms with E-state index in [-0.39, 0.29) is 4.90 Å². The third-order valence-corrected chi connectivity index (χ3v) is 3.46. The second kappa shape index (κ2) is 5.35. The van der Waals surface area contributed by atoms with Crippen molar-refractivity contribution in [2.24, 2.45) is 10.9 Å². The van der Waals surface area contributed by atoms with E-state index in [9.17, 15) is 8.42 Å². The lowest BCUT2D eigenvalue weighted by Crippen LogP contribution is -2.12. The first kappa shape index (κ1) is 13.5. The summed E-state index contributed by atoms with van der Waals surface area (Å²) in [5, 5.41) is 8.08. The van der Waals surface area contributed by atoms with Crippen molar-refractivity contribution in [2.75, 3.05) is 5.32 Å². The Morgan fingerprint density at radius 1 is 1.16 bits per heavy atom. The van der Waals surface area contributed by atoms with Crippen LogP contribution in [0.5, 0.6) is 0 Å². The number of nitrogens with zero attached hydrogens (tertiary/aromatic N) is 1. The fourth-order valence-corrected chi connectivity index (χ4v) is 2.04. The molecule has 7 heteroatoms. The first-order valence-electron chi connectivity index (χ1n) is 5.54. The van der Waals surface area contributed by atoms with Gasteiger partial charge in [-0.25, -0.2) is 18.5 Å². The number of anilines is 2. The maximum Gasteiger partial charge on any atom is 0.239 e. The number of benzene rings is 1. The van der Waals surface area contributed by atoms with Gasteiger partial charge in [0, 0.05) is 18.4 Å². The van der Waals surface area contributed by atoms with E-state index in [1.54, 1.807) is 6.07 Å². The molecule has 1 aromatic heterocycles. The SMILES string of the molecule is NCc1ccccc1Nc1ccc(S(N)(=O)=O)cn1. The van der Waals surface area contributed by atoms with Crippen LogP contribution in [-0.4, -0.2) is 13.4 Å². The summed E-state index contributed by atoms with van der Waals surface area (Å²) in [6.45, 7) is 0.401. The molecule has 6 nitrogen and oxygen atoms in total. The summed E-state index contributed by atoms with van der Waals surface area (Å²) >= 11 is 0. The Balaban J connectivity index is 2.25. The highest BCUT2D eigenvalue weighted by Gasteiger charge is 2.08. The maximum absolute atomic E-state index is 11.1. The van der Waals surface area contributed by atoms with E-state index in [1.165, 1.54) is 12.3 Å². The molecule has 0 aliphatic heterocycles. The molecular formula is C12H14N4O2S. The van der Waals surface area contributed by atoms with Gasteiger partial charge in [0.05, 0.1) is 0 Å². The van der Waals surface area contributed by atoms with Crippen LogP contribution in [0.4, 0.5) is 11.5 Å². The first-order valence-corrected chi connectivity index (χ1v) is 7.09. The lowest BCUT2D eigenvalue weighted by atomic mass is 10.2. The van der Waals surface area contributed by atoms with Crippen LogP contribution in [0.15, 0.2) is 47.5 Å². The molecular weight excluding hydrogens is 264 g/mol. The summed E-state index contributed by atoms with van der Waals surface area (Å²) in [4.78, 5) is 3.98. The highest BCUT2D eigenvalue weighted by Crippen LogP contribution is 2.19. The molecule has 0 amide bonds. The van der Waals surface area contributed by atoms with Crippen molar-refractivity contribution in [3.8, 4) is 0 Å². The van der Waals surface area contributed by atoms with E-state index < -0.39 is 10.0 Å². The lowest BCUT2D eigenvalue weighted by Gasteiger charge is -2.10. The number of nitrogens with one attached hydrogen (secondary N) is 1. The average molecular weight is 278 g/mol. The van der Waals surface area contributed by atoms with Gasteiger partial charge in [-0.1, -0.05) is 18.2 Å². The van der Waals surface area contributed by atoms with Gasteiger partial charge in [0.25, 0.3) is 0 Å². The molecule has 19 heavy (non-hydrogen) atoms. The normalized spacial score (nSPS) is 11.3. The summed E-state index contributed by atoms with van der Waals surface area (Å²) in [6, 6.07) is 10.5. The minimum atomic E-state index is -3.72. The number of hydrogen-bond donors (Lipinski definition) is 3. The van der Waals surface area contributed by atoms with Gasteiger partial charge in [0.1, 0.15) is 10.7 Å². The molecule has 0 unspecified atom stereocenters. The van der Waals surface area contributed by atoms with Crippen LogP contribution >= 0.6 is 0 Å². The van der Waals surface area contributed by atoms with Crippen molar-refractivity contribution < 1.29 is 8.42 Å². The van der Waals surface area contributed by atoms with Gasteiger partial charge < -0.3 is 11.1 Å². The molecule has 0 saturated carbocycles. The number of primary sulfonamides is 1. The second-order valence-corrected chi connectivity index (χ2v) is 5.47. The van der Waals surface area contributed by atoms with E-state index in [1.807, 2.05) is 24.3 Å². The maximum atomic E-state index is 11.1. The number of pyridine rings is 1. The van der Waals surface area contributed by atoms with Gasteiger partial charge in [0.15, 0.2) is 0 Å². The summed E-state index contributed by atoms with van der Waals surface area (Å²) in [5.74, 6) is 0.522. The number of sulfonamides is 1. The largest absolute Gasteiger partial charge is 0.340 e. The Hall–Kier alpha value is -1.96. The highest BCUT2D eigenvalue weighted by atomic mass is 32.2. The lowest BCUT2D eigenvalue weighted by molar-refractivity contribution is 0.597. The Kier molecular flexibility index (Phi) is 3.79. The molecule has 1 heterocycles. The van der Waals surface area contributed by atoms with Crippen LogP contribution in [0.3, 0.4) is 0 Å². The Morgan fingerprint density at radius 3 is 2.47 bits per heavy atom. The smallest absolute Gasteiger partial charge is 0.239 e. The van der Waals surface area contributed by atoms with Crippen molar-refractivity contribution in [3.63, 3.8) is 0 Å². The number of nitrogens with two attached hydrogens (primary N) is 2. The van der Waals surface area contributed by atoms with E-state index >= 15 is 0 Å². The predicted octanol–water partition coefficient (Wildman–Crippen LogP) is 0.931. The molecule has 0 radical (unpaired) electrons. The predicted molar refractivity (Wildman–Crippen MR) is 73.2 cm³/mol. The monoisotopic (exact) mass is 278 g/mol. The molecule has 0 saturated heterocycles. The summed E-state index contributed by atoms with van der Waals surface area (Å²) in [6.07, 6.45) is 1.21. The third-order valence-electron chi connectivity index (χ3n) is 2.56. The third kappa shape index (κ3) is 3.28. The van der Waals surface area contributed by atoms with Gasteiger partial charge in [-0.2, -0.15) is 0 Å². The van der Waals surface area contributed by atoms with Gasteiger partial charge in [-0.3, -0.25) is 0 Å². The zero-order chi connectivity index (χ0) is 13.9. The quantitative estimate of drug-likeness (QED) is 0.770. The first-order chi connectivity index (χ1) is 9.00. The summed E-state index contributed by atoms with van der Waals surface area (Å²) in [5.41, 5.74) is 7.41. The second-order valence-electron chi connectivity index (χ2n) is 3.91. The highest BCUT2D eigenvalue weighted by molar-refractivity contribution is 7.89. The van der Waals surface area contributed by atoms with Gasteiger partial charge in [0.2, 0.25) is 10.0 Å². The van der Waals surface area contributed by atoms with E-state index in [4.69, 9.17) is 10.9 Å². The molecule has 0 aliphatic rings. The van der Waals surface area contributed by atoms with E-state index in [0.29, 0.717) is 12.4 Å². The fourth-order valence-electron chi connectivity index (χ4n) is 1.58. The molecule has 5 N–H and O–H groups in total. The van der Waals surface area contributed by atoms with Crippen LogP contribution in [0.1, 0.15) is 5.56 Å². The van der Waals surface area contributed by atoms with E-state index in [2.05, 4.69) is 10.3 Å². The van der Waals surface area contributed by atoms with Crippen molar-refractivity contribution in [1.29, 1.82) is 0 Å². The molecule has 0 fully saturated rings. The van der Waals surface area contributed by atoms with Crippen LogP contribution in [0, 0.1) is 0 Å². The van der Waals surface area contributed by atoms with Crippen molar-refractivity contribution in [1.82, 2.24) is 4.98 Å². The molecule has 0 aliphatic carbocycles. The standard InChI is InChI=1S/C12H14N4O2S/c13-7-9-3-1-2-4-11(9)16-12-6-5-10(8-15-12)19(14,17)18/h1-6,8H,7,13H2,(H,15,16)(H2,14,17,18). The molecule has 1 aromatic carbocycles. The fraction of sp³-hybridized carbons (Fsp3) is 0.0833. The minimum Gasteiger partial charge on any atom is -0.340 e. The van der Waals surface area contributed by atoms with Crippen LogP contribution < -0.4 is 16.2 Å². The van der Waals surface area contributed by atoms with Crippen molar-refractivity contribution in [3.05, 3.63) is 48.2 Å². The number of aromatic nitrogens is 1. The Bertz CT molecular complexity index is 668. The molecule has 0 spiro atoms. The molecule has 2 rings (SSSR count). The van der Waals surface area contributed by atoms with Crippen molar-refractivity contribution >= 4 is 21.5 Å². The summed E-state index contributed by atoms with van der Waals surface area (Å²) in [7, 11) is -3.72. The topological polar surface area (TPSA) is 111 Å². The number of para-hydroxylation sites is 1. The van der Waals surface area contributed by atoms with Gasteiger partial charge in [-0.15, -0.1) is 0 Å². The minimum absolute atomic E-state index is 0.0230. The van der Waals surface area contributed by atoms with Crippen LogP contribution in [0.2, 0.25) is 0 Å². The molecule has 2 aromatic rings. The average Bonchev–Trinajstić information content (AvgIpc) is 2.39. The van der Waals surface area contributed by atoms with Crippen LogP contribution in [0.25, 0.3) is 0 Å². The van der Waals surface area contributed by atoms with E-state index in [0.717, 1.165) is 11.3 Å². The van der Waals surface area contributed by atoms with Gasteiger partial charge in [-0.05, 0) is 23.8 Å². The van der Waals surface area contributed by atoms with Gasteiger partial charge >= 0.3 is 0 Å². The zero-order valence-corrected chi connectivity index (χ0v) is 10.9. The Labute approximate surface area is 111 Å². The molecule has 0 atom stereocenters. The number of hydrogen-bond acceptors (Lipinski definition) is 5. The summed E-state index contributed by atoms with van der Waals surface area (Å²) < 4.78 is 22.2. The van der Waals surface area contributed by atoms with Crippen LogP contribution in [-0.2, 0) is 16.6 Å². The Morgan fingerprint density at radius 2 is 1.89 bits per heavy atom. The molecule has 100 valence electrons. The zero-order valence-electron chi connectivity index (χ0n) is 10.1.